The second-order valence-electron chi connectivity index (χ2n) is 11.3. The largest absolute Gasteiger partial charge is 0.381 e. The second-order valence-corrected chi connectivity index (χ2v) is 13.3. The summed E-state index contributed by atoms with van der Waals surface area (Å²) in [4.78, 5) is 13.5. The molecule has 5 rings (SSSR count). The van der Waals surface area contributed by atoms with Gasteiger partial charge in [-0.3, -0.25) is 4.79 Å². The molecular formula is C29H36F2N2O4S. The molecule has 9 heteroatoms. The molecule has 3 fully saturated rings. The van der Waals surface area contributed by atoms with E-state index in [2.05, 4.69) is 12.2 Å². The van der Waals surface area contributed by atoms with Gasteiger partial charge in [0.05, 0.1) is 5.41 Å². The summed E-state index contributed by atoms with van der Waals surface area (Å²) in [7, 11) is -3.80. The van der Waals surface area contributed by atoms with Gasteiger partial charge in [0.15, 0.2) is 0 Å². The third kappa shape index (κ3) is 5.00. The van der Waals surface area contributed by atoms with Gasteiger partial charge in [-0.15, -0.1) is 0 Å². The summed E-state index contributed by atoms with van der Waals surface area (Å²) in [5, 5.41) is 2.32. The van der Waals surface area contributed by atoms with Crippen molar-refractivity contribution in [1.82, 2.24) is 9.62 Å². The van der Waals surface area contributed by atoms with Crippen LogP contribution >= 0.6 is 0 Å². The molecular weight excluding hydrogens is 510 g/mol. The number of hydrogen-bond acceptors (Lipinski definition) is 4. The Hall–Kier alpha value is -2.36. The van der Waals surface area contributed by atoms with E-state index in [-0.39, 0.29) is 61.7 Å². The third-order valence-electron chi connectivity index (χ3n) is 8.66. The Morgan fingerprint density at radius 1 is 1.05 bits per heavy atom. The van der Waals surface area contributed by atoms with Gasteiger partial charge in [-0.25, -0.2) is 17.2 Å². The van der Waals surface area contributed by atoms with Gasteiger partial charge in [-0.2, -0.15) is 4.31 Å². The number of nitrogens with one attached hydrogen (secondary N) is 1. The maximum Gasteiger partial charge on any atom is 0.231 e. The highest BCUT2D eigenvalue weighted by Gasteiger charge is 2.46. The number of nitrogens with zero attached hydrogens (tertiary/aromatic N) is 1. The number of benzene rings is 2. The van der Waals surface area contributed by atoms with Crippen molar-refractivity contribution in [3.05, 3.63) is 70.8 Å². The molecule has 206 valence electrons. The normalized spacial score (nSPS) is 28.8. The number of carbonyl (C=O) groups excluding carboxylic acids is 1. The molecule has 1 aliphatic carbocycles. The monoisotopic (exact) mass is 546 g/mol. The minimum Gasteiger partial charge on any atom is -0.381 e. The lowest BCUT2D eigenvalue weighted by molar-refractivity contribution is -0.132. The Balaban J connectivity index is 1.43. The molecule has 1 amide bonds. The zero-order valence-corrected chi connectivity index (χ0v) is 22.8. The molecule has 0 radical (unpaired) electrons. The molecule has 6 nitrogen and oxygen atoms in total. The highest BCUT2D eigenvalue weighted by molar-refractivity contribution is 7.89. The van der Waals surface area contributed by atoms with E-state index >= 15 is 8.78 Å². The smallest absolute Gasteiger partial charge is 0.231 e. The molecule has 1 N–H and O–H groups in total. The van der Waals surface area contributed by atoms with E-state index in [1.807, 2.05) is 6.07 Å². The Morgan fingerprint density at radius 3 is 2.39 bits per heavy atom. The van der Waals surface area contributed by atoms with E-state index in [9.17, 15) is 13.2 Å². The van der Waals surface area contributed by atoms with Crippen molar-refractivity contribution in [2.45, 2.75) is 81.7 Å². The molecule has 38 heavy (non-hydrogen) atoms. The Kier molecular flexibility index (Phi) is 7.64. The van der Waals surface area contributed by atoms with Crippen LogP contribution in [0, 0.1) is 17.6 Å². The van der Waals surface area contributed by atoms with Gasteiger partial charge in [-0.1, -0.05) is 37.3 Å². The quantitative estimate of drug-likeness (QED) is 0.555. The number of halogens is 2. The van der Waals surface area contributed by atoms with Crippen LogP contribution in [0.25, 0.3) is 0 Å². The average Bonchev–Trinajstić information content (AvgIpc) is 2.88. The highest BCUT2D eigenvalue weighted by Crippen LogP contribution is 2.41. The van der Waals surface area contributed by atoms with Gasteiger partial charge in [0.25, 0.3) is 0 Å². The summed E-state index contributed by atoms with van der Waals surface area (Å²) in [5.41, 5.74) is -0.544. The molecule has 2 heterocycles. The molecule has 1 saturated carbocycles. The minimum absolute atomic E-state index is 0.0173. The lowest BCUT2D eigenvalue weighted by Crippen LogP contribution is -2.54. The van der Waals surface area contributed by atoms with Crippen LogP contribution in [0.2, 0.25) is 0 Å². The van der Waals surface area contributed by atoms with Crippen molar-refractivity contribution in [3.63, 3.8) is 0 Å². The van der Waals surface area contributed by atoms with Crippen molar-refractivity contribution < 1.29 is 26.7 Å². The van der Waals surface area contributed by atoms with Gasteiger partial charge >= 0.3 is 0 Å². The standard InChI is InChI=1S/C29H36F2N2O4S/c1-19-14-23(15-19)32-28(34)29(10-12-37-13-11-29)24-17-25(30)22(16-26(24)31)18-33-20(2)8-9-27(38(33,35)36)21-6-4-3-5-7-21/h3-7,16-17,19-20,23,27H,8-15,18H2,1-2H3,(H,32,34)/t19?,20-,23?,27+/m0/s1. The molecule has 0 aromatic heterocycles. The SMILES string of the molecule is CC1CC(NC(=O)C2(c3cc(F)c(CN4[C@@H](C)CC[C@H](c5ccccc5)S4(=O)=O)cc3F)CCOCC2)C1. The minimum atomic E-state index is -3.80. The number of rotatable bonds is 6. The van der Waals surface area contributed by atoms with Crippen LogP contribution in [0.15, 0.2) is 42.5 Å². The van der Waals surface area contributed by atoms with Gasteiger partial charge < -0.3 is 10.1 Å². The lowest BCUT2D eigenvalue weighted by atomic mass is 9.72. The molecule has 2 saturated heterocycles. The average molecular weight is 547 g/mol. The van der Waals surface area contributed by atoms with Gasteiger partial charge in [0, 0.05) is 43.0 Å². The van der Waals surface area contributed by atoms with Crippen LogP contribution in [-0.2, 0) is 31.5 Å². The molecule has 2 atom stereocenters. The fourth-order valence-electron chi connectivity index (χ4n) is 6.28. The third-order valence-corrected chi connectivity index (χ3v) is 11.0. The summed E-state index contributed by atoms with van der Waals surface area (Å²) in [5.74, 6) is -1.15. The summed E-state index contributed by atoms with van der Waals surface area (Å²) in [6.45, 7) is 4.21. The number of ether oxygens (including phenoxy) is 1. The van der Waals surface area contributed by atoms with Crippen LogP contribution in [0.3, 0.4) is 0 Å². The van der Waals surface area contributed by atoms with E-state index in [0.29, 0.717) is 24.3 Å². The van der Waals surface area contributed by atoms with E-state index < -0.39 is 32.3 Å². The van der Waals surface area contributed by atoms with Crippen molar-refractivity contribution in [2.24, 2.45) is 5.92 Å². The summed E-state index contributed by atoms with van der Waals surface area (Å²) >= 11 is 0. The first-order chi connectivity index (χ1) is 18.1. The Labute approximate surface area is 223 Å². The molecule has 0 spiro atoms. The van der Waals surface area contributed by atoms with Gasteiger partial charge in [-0.05, 0) is 69.1 Å². The molecule has 3 aliphatic rings. The number of hydrogen-bond donors (Lipinski definition) is 1. The predicted octanol–water partition coefficient (Wildman–Crippen LogP) is 4.98. The van der Waals surface area contributed by atoms with Crippen molar-refractivity contribution in [3.8, 4) is 0 Å². The van der Waals surface area contributed by atoms with Crippen LogP contribution in [-0.4, -0.2) is 43.9 Å². The first-order valence-corrected chi connectivity index (χ1v) is 15.0. The van der Waals surface area contributed by atoms with E-state index in [0.717, 1.165) is 25.0 Å². The van der Waals surface area contributed by atoms with Gasteiger partial charge in [0.2, 0.25) is 15.9 Å². The fourth-order valence-corrected chi connectivity index (χ4v) is 8.47. The topological polar surface area (TPSA) is 75.7 Å². The summed E-state index contributed by atoms with van der Waals surface area (Å²) in [6.07, 6.45) is 3.35. The van der Waals surface area contributed by atoms with Crippen molar-refractivity contribution >= 4 is 15.9 Å². The molecule has 0 bridgehead atoms. The summed E-state index contributed by atoms with van der Waals surface area (Å²) < 4.78 is 65.3. The van der Waals surface area contributed by atoms with E-state index in [4.69, 9.17) is 4.74 Å². The van der Waals surface area contributed by atoms with E-state index in [1.54, 1.807) is 31.2 Å². The van der Waals surface area contributed by atoms with E-state index in [1.165, 1.54) is 4.31 Å². The number of sulfonamides is 1. The maximum atomic E-state index is 15.7. The molecule has 2 aliphatic heterocycles. The predicted molar refractivity (Wildman–Crippen MR) is 141 cm³/mol. The number of carbonyl (C=O) groups is 1. The molecule has 2 aromatic rings. The second kappa shape index (κ2) is 10.7. The molecule has 0 unspecified atom stereocenters. The summed E-state index contributed by atoms with van der Waals surface area (Å²) in [6, 6.07) is 10.9. The van der Waals surface area contributed by atoms with Crippen LogP contribution < -0.4 is 5.32 Å². The Morgan fingerprint density at radius 2 is 1.74 bits per heavy atom. The van der Waals surface area contributed by atoms with Crippen molar-refractivity contribution in [2.75, 3.05) is 13.2 Å². The van der Waals surface area contributed by atoms with Crippen LogP contribution in [0.5, 0.6) is 0 Å². The number of amides is 1. The zero-order chi connectivity index (χ0) is 27.1. The lowest BCUT2D eigenvalue weighted by Gasteiger charge is -2.41. The highest BCUT2D eigenvalue weighted by atomic mass is 32.2. The zero-order valence-electron chi connectivity index (χ0n) is 22.0. The molecule has 2 aromatic carbocycles. The fraction of sp³-hybridized carbons (Fsp3) is 0.552. The van der Waals surface area contributed by atoms with Gasteiger partial charge in [0.1, 0.15) is 16.9 Å². The first-order valence-electron chi connectivity index (χ1n) is 13.5. The van der Waals surface area contributed by atoms with Crippen LogP contribution in [0.1, 0.15) is 74.3 Å². The van der Waals surface area contributed by atoms with Crippen LogP contribution in [0.4, 0.5) is 8.78 Å². The van der Waals surface area contributed by atoms with Crippen molar-refractivity contribution in [1.29, 1.82) is 0 Å². The first kappa shape index (κ1) is 27.2. The Bertz CT molecular complexity index is 1270. The maximum absolute atomic E-state index is 15.7.